The van der Waals surface area contributed by atoms with Crippen LogP contribution in [0.3, 0.4) is 0 Å². The third kappa shape index (κ3) is 8.26. The molecule has 0 heterocycles. The van der Waals surface area contributed by atoms with Crippen LogP contribution in [-0.4, -0.2) is 24.9 Å². The van der Waals surface area contributed by atoms with Crippen LogP contribution in [0.2, 0.25) is 0 Å². The lowest BCUT2D eigenvalue weighted by molar-refractivity contribution is -0.0468. The van der Waals surface area contributed by atoms with Gasteiger partial charge in [-0.15, -0.1) is 0 Å². The SMILES string of the molecule is CCCOC(C)(C)CCOC(C)C. The lowest BCUT2D eigenvalue weighted by Gasteiger charge is -2.25. The maximum atomic E-state index is 5.68. The minimum Gasteiger partial charge on any atom is -0.379 e. The lowest BCUT2D eigenvalue weighted by atomic mass is 10.1. The number of hydrogen-bond donors (Lipinski definition) is 0. The van der Waals surface area contributed by atoms with Crippen molar-refractivity contribution < 1.29 is 9.47 Å². The molecule has 0 amide bonds. The van der Waals surface area contributed by atoms with Gasteiger partial charge in [-0.3, -0.25) is 0 Å². The molecule has 0 rings (SSSR count). The van der Waals surface area contributed by atoms with Crippen LogP contribution in [0, 0.1) is 0 Å². The third-order valence-corrected chi connectivity index (χ3v) is 1.85. The molecule has 2 heteroatoms. The number of ether oxygens (including phenoxy) is 2. The first-order chi connectivity index (χ1) is 5.98. The van der Waals surface area contributed by atoms with Gasteiger partial charge in [-0.1, -0.05) is 6.92 Å². The van der Waals surface area contributed by atoms with Crippen molar-refractivity contribution in [2.75, 3.05) is 13.2 Å². The summed E-state index contributed by atoms with van der Waals surface area (Å²) in [7, 11) is 0. The van der Waals surface area contributed by atoms with E-state index in [2.05, 4.69) is 34.6 Å². The number of rotatable bonds is 7. The van der Waals surface area contributed by atoms with E-state index in [1.165, 1.54) is 0 Å². The summed E-state index contributed by atoms with van der Waals surface area (Å²) < 4.78 is 11.2. The van der Waals surface area contributed by atoms with Gasteiger partial charge in [0.1, 0.15) is 0 Å². The Labute approximate surface area is 82.6 Å². The van der Waals surface area contributed by atoms with Crippen LogP contribution in [0.1, 0.15) is 47.5 Å². The van der Waals surface area contributed by atoms with Crippen LogP contribution in [0.4, 0.5) is 0 Å². The molecule has 13 heavy (non-hydrogen) atoms. The molecule has 0 aliphatic rings. The normalized spacial score (nSPS) is 12.5. The van der Waals surface area contributed by atoms with E-state index in [1.54, 1.807) is 0 Å². The molecule has 0 aliphatic carbocycles. The van der Waals surface area contributed by atoms with E-state index < -0.39 is 0 Å². The Morgan fingerprint density at radius 3 is 2.23 bits per heavy atom. The fraction of sp³-hybridized carbons (Fsp3) is 1.00. The van der Waals surface area contributed by atoms with Crippen LogP contribution in [-0.2, 0) is 9.47 Å². The quantitative estimate of drug-likeness (QED) is 0.611. The van der Waals surface area contributed by atoms with Crippen LogP contribution in [0.5, 0.6) is 0 Å². The molecular formula is C11H24O2. The fourth-order valence-corrected chi connectivity index (χ4v) is 0.991. The number of hydrogen-bond acceptors (Lipinski definition) is 2. The van der Waals surface area contributed by atoms with Crippen molar-refractivity contribution in [1.82, 2.24) is 0 Å². The highest BCUT2D eigenvalue weighted by Crippen LogP contribution is 2.14. The van der Waals surface area contributed by atoms with Crippen molar-refractivity contribution in [1.29, 1.82) is 0 Å². The summed E-state index contributed by atoms with van der Waals surface area (Å²) in [4.78, 5) is 0. The van der Waals surface area contributed by atoms with Crippen molar-refractivity contribution in [3.05, 3.63) is 0 Å². The summed E-state index contributed by atoms with van der Waals surface area (Å²) in [5.74, 6) is 0. The van der Waals surface area contributed by atoms with E-state index in [9.17, 15) is 0 Å². The molecule has 0 spiro atoms. The molecule has 0 bridgehead atoms. The zero-order valence-corrected chi connectivity index (χ0v) is 9.72. The molecule has 80 valence electrons. The Bertz CT molecular complexity index is 119. The average Bonchev–Trinajstić information content (AvgIpc) is 2.00. The van der Waals surface area contributed by atoms with Crippen LogP contribution >= 0.6 is 0 Å². The van der Waals surface area contributed by atoms with Gasteiger partial charge >= 0.3 is 0 Å². The molecule has 0 aromatic heterocycles. The molecule has 0 saturated carbocycles. The average molecular weight is 188 g/mol. The Balaban J connectivity index is 3.50. The van der Waals surface area contributed by atoms with Gasteiger partial charge in [0.2, 0.25) is 0 Å². The van der Waals surface area contributed by atoms with Gasteiger partial charge in [-0.05, 0) is 40.5 Å². The Kier molecular flexibility index (Phi) is 6.35. The van der Waals surface area contributed by atoms with Crippen LogP contribution < -0.4 is 0 Å². The van der Waals surface area contributed by atoms with Gasteiger partial charge in [0, 0.05) is 13.2 Å². The van der Waals surface area contributed by atoms with Crippen molar-refractivity contribution in [2.45, 2.75) is 59.2 Å². The molecule has 0 radical (unpaired) electrons. The molecule has 0 N–H and O–H groups in total. The first-order valence-electron chi connectivity index (χ1n) is 5.23. The molecule has 0 unspecified atom stereocenters. The van der Waals surface area contributed by atoms with E-state index in [0.29, 0.717) is 6.10 Å². The Morgan fingerprint density at radius 2 is 1.77 bits per heavy atom. The van der Waals surface area contributed by atoms with Crippen LogP contribution in [0.25, 0.3) is 0 Å². The second kappa shape index (κ2) is 6.39. The van der Waals surface area contributed by atoms with Gasteiger partial charge < -0.3 is 9.47 Å². The molecule has 0 aromatic rings. The molecule has 0 aromatic carbocycles. The standard InChI is InChI=1S/C11H24O2/c1-6-8-13-11(4,5)7-9-12-10(2)3/h10H,6-9H2,1-5H3. The molecule has 0 aliphatic heterocycles. The highest BCUT2D eigenvalue weighted by atomic mass is 16.5. The van der Waals surface area contributed by atoms with E-state index >= 15 is 0 Å². The van der Waals surface area contributed by atoms with Crippen molar-refractivity contribution in [3.8, 4) is 0 Å². The topological polar surface area (TPSA) is 18.5 Å². The third-order valence-electron chi connectivity index (χ3n) is 1.85. The minimum absolute atomic E-state index is 0.0368. The molecular weight excluding hydrogens is 164 g/mol. The Hall–Kier alpha value is -0.0800. The lowest BCUT2D eigenvalue weighted by Crippen LogP contribution is -2.27. The highest BCUT2D eigenvalue weighted by Gasteiger charge is 2.17. The second-order valence-corrected chi connectivity index (χ2v) is 4.28. The molecule has 0 fully saturated rings. The maximum absolute atomic E-state index is 5.68. The highest BCUT2D eigenvalue weighted by molar-refractivity contribution is 4.67. The second-order valence-electron chi connectivity index (χ2n) is 4.28. The summed E-state index contributed by atoms with van der Waals surface area (Å²) in [6, 6.07) is 0. The maximum Gasteiger partial charge on any atom is 0.0648 e. The summed E-state index contributed by atoms with van der Waals surface area (Å²) in [6.45, 7) is 12.1. The van der Waals surface area contributed by atoms with Crippen LogP contribution in [0.15, 0.2) is 0 Å². The fourth-order valence-electron chi connectivity index (χ4n) is 0.991. The van der Waals surface area contributed by atoms with Crippen molar-refractivity contribution in [2.24, 2.45) is 0 Å². The van der Waals surface area contributed by atoms with Gasteiger partial charge in [0.05, 0.1) is 11.7 Å². The zero-order chi connectivity index (χ0) is 10.3. The molecule has 0 atom stereocenters. The predicted octanol–water partition coefficient (Wildman–Crippen LogP) is 3.01. The molecule has 2 nitrogen and oxygen atoms in total. The van der Waals surface area contributed by atoms with E-state index in [0.717, 1.165) is 26.1 Å². The summed E-state index contributed by atoms with van der Waals surface area (Å²) >= 11 is 0. The monoisotopic (exact) mass is 188 g/mol. The first kappa shape index (κ1) is 12.9. The van der Waals surface area contributed by atoms with E-state index in [-0.39, 0.29) is 5.60 Å². The Morgan fingerprint density at radius 1 is 1.15 bits per heavy atom. The minimum atomic E-state index is -0.0368. The molecule has 0 saturated heterocycles. The van der Waals surface area contributed by atoms with Gasteiger partial charge in [-0.2, -0.15) is 0 Å². The largest absolute Gasteiger partial charge is 0.379 e. The van der Waals surface area contributed by atoms with Gasteiger partial charge in [0.15, 0.2) is 0 Å². The van der Waals surface area contributed by atoms with Crippen molar-refractivity contribution >= 4 is 0 Å². The zero-order valence-electron chi connectivity index (χ0n) is 9.72. The van der Waals surface area contributed by atoms with Gasteiger partial charge in [-0.25, -0.2) is 0 Å². The van der Waals surface area contributed by atoms with E-state index in [1.807, 2.05) is 0 Å². The smallest absolute Gasteiger partial charge is 0.0648 e. The summed E-state index contributed by atoms with van der Waals surface area (Å²) in [5.41, 5.74) is -0.0368. The van der Waals surface area contributed by atoms with E-state index in [4.69, 9.17) is 9.47 Å². The first-order valence-corrected chi connectivity index (χ1v) is 5.23. The summed E-state index contributed by atoms with van der Waals surface area (Å²) in [5, 5.41) is 0. The van der Waals surface area contributed by atoms with Crippen molar-refractivity contribution in [3.63, 3.8) is 0 Å². The van der Waals surface area contributed by atoms with Gasteiger partial charge in [0.25, 0.3) is 0 Å². The summed E-state index contributed by atoms with van der Waals surface area (Å²) in [6.07, 6.45) is 2.36. The predicted molar refractivity (Wildman–Crippen MR) is 56.0 cm³/mol.